The van der Waals surface area contributed by atoms with Gasteiger partial charge in [0.2, 0.25) is 0 Å². The molecule has 0 spiro atoms. The van der Waals surface area contributed by atoms with Crippen molar-refractivity contribution in [1.29, 1.82) is 0 Å². The van der Waals surface area contributed by atoms with Gasteiger partial charge in [-0.05, 0) is 44.0 Å². The van der Waals surface area contributed by atoms with Crippen molar-refractivity contribution >= 4 is 45.9 Å². The average molecular weight is 494 g/mol. The molecule has 2 amide bonds. The number of hydrogen-bond donors (Lipinski definition) is 2. The quantitative estimate of drug-likeness (QED) is 0.282. The zero-order chi connectivity index (χ0) is 24.1. The minimum Gasteiger partial charge on any atom is -0.451 e. The monoisotopic (exact) mass is 493 g/mol. The molecule has 1 unspecified atom stereocenters. The maximum Gasteiger partial charge on any atom is 0.287 e. The summed E-state index contributed by atoms with van der Waals surface area (Å²) in [5, 5.41) is 8.86. The Bertz CT molecular complexity index is 1310. The number of nitrogens with zero attached hydrogens (tertiary/aromatic N) is 1. The molecule has 6 nitrogen and oxygen atoms in total. The lowest BCUT2D eigenvalue weighted by Gasteiger charge is -2.12. The highest BCUT2D eigenvalue weighted by atomic mass is 32.2. The second-order valence-corrected chi connectivity index (χ2v) is 10.2. The lowest BCUT2D eigenvalue weighted by atomic mass is 10.1. The topological polar surface area (TPSA) is 84.2 Å². The molecular weight excluding hydrogens is 466 g/mol. The number of thiazole rings is 1. The van der Waals surface area contributed by atoms with Crippen molar-refractivity contribution in [3.05, 3.63) is 82.1 Å². The predicted molar refractivity (Wildman–Crippen MR) is 137 cm³/mol. The van der Waals surface area contributed by atoms with Crippen LogP contribution >= 0.6 is 23.1 Å². The van der Waals surface area contributed by atoms with Crippen molar-refractivity contribution in [2.24, 2.45) is 0 Å². The van der Waals surface area contributed by atoms with Crippen molar-refractivity contribution in [3.8, 4) is 0 Å². The van der Waals surface area contributed by atoms with Crippen LogP contribution in [0.4, 0.5) is 0 Å². The highest BCUT2D eigenvalue weighted by Gasteiger charge is 2.21. The summed E-state index contributed by atoms with van der Waals surface area (Å²) < 4.78 is 6.91. The second-order valence-electron chi connectivity index (χ2n) is 8.12. The third kappa shape index (κ3) is 5.69. The minimum absolute atomic E-state index is 0.105. The molecule has 4 aromatic rings. The molecule has 2 N–H and O–H groups in total. The molecule has 0 radical (unpaired) electrons. The van der Waals surface area contributed by atoms with E-state index in [1.165, 1.54) is 0 Å². The summed E-state index contributed by atoms with van der Waals surface area (Å²) in [5.74, 6) is 0.499. The lowest BCUT2D eigenvalue weighted by molar-refractivity contribution is 0.0922. The van der Waals surface area contributed by atoms with E-state index >= 15 is 0 Å². The summed E-state index contributed by atoms with van der Waals surface area (Å²) in [4.78, 5) is 30.1. The number of thioether (sulfide) groups is 1. The molecule has 8 heteroatoms. The number of fused-ring (bicyclic) bond motifs is 1. The zero-order valence-electron chi connectivity index (χ0n) is 19.4. The number of amides is 2. The van der Waals surface area contributed by atoms with E-state index in [-0.39, 0.29) is 17.9 Å². The van der Waals surface area contributed by atoms with Gasteiger partial charge in [-0.2, -0.15) is 0 Å². The van der Waals surface area contributed by atoms with Crippen LogP contribution in [0, 0.1) is 6.92 Å². The number of para-hydroxylation sites is 1. The van der Waals surface area contributed by atoms with E-state index in [9.17, 15) is 9.59 Å². The van der Waals surface area contributed by atoms with Gasteiger partial charge in [0.05, 0.1) is 0 Å². The molecule has 0 fully saturated rings. The first kappa shape index (κ1) is 24.0. The molecule has 2 aromatic carbocycles. The fourth-order valence-electron chi connectivity index (χ4n) is 3.45. The highest BCUT2D eigenvalue weighted by molar-refractivity contribution is 8.00. The van der Waals surface area contributed by atoms with Crippen LogP contribution in [-0.2, 0) is 12.3 Å². The highest BCUT2D eigenvalue weighted by Crippen LogP contribution is 2.33. The van der Waals surface area contributed by atoms with E-state index in [2.05, 4.69) is 15.6 Å². The Morgan fingerprint density at radius 1 is 1.15 bits per heavy atom. The number of carbonyl (C=O) groups is 2. The predicted octanol–water partition coefficient (Wildman–Crippen LogP) is 5.95. The molecule has 0 aliphatic carbocycles. The molecule has 2 heterocycles. The molecule has 0 bridgehead atoms. The molecule has 0 saturated heterocycles. The van der Waals surface area contributed by atoms with Crippen molar-refractivity contribution in [2.75, 3.05) is 0 Å². The maximum absolute atomic E-state index is 13.1. The van der Waals surface area contributed by atoms with Crippen LogP contribution < -0.4 is 10.6 Å². The van der Waals surface area contributed by atoms with Crippen molar-refractivity contribution in [2.45, 2.75) is 49.9 Å². The number of nitrogens with one attached hydrogen (secondary N) is 2. The SMILES string of the molecule is CCC(C)NC(=O)c1cccc(CNC(=O)c2oc3ccccc3c2CSc2nc(C)cs2)c1. The molecule has 176 valence electrons. The number of hydrogen-bond acceptors (Lipinski definition) is 6. The summed E-state index contributed by atoms with van der Waals surface area (Å²) in [6, 6.07) is 15.1. The van der Waals surface area contributed by atoms with Crippen LogP contribution in [-0.4, -0.2) is 22.8 Å². The van der Waals surface area contributed by atoms with Gasteiger partial charge < -0.3 is 15.1 Å². The van der Waals surface area contributed by atoms with E-state index in [0.29, 0.717) is 29.2 Å². The first-order valence-electron chi connectivity index (χ1n) is 11.2. The van der Waals surface area contributed by atoms with E-state index in [4.69, 9.17) is 4.42 Å². The number of aromatic nitrogens is 1. The average Bonchev–Trinajstić information content (AvgIpc) is 3.44. The van der Waals surface area contributed by atoms with Crippen molar-refractivity contribution < 1.29 is 14.0 Å². The van der Waals surface area contributed by atoms with Crippen LogP contribution in [0.25, 0.3) is 11.0 Å². The summed E-state index contributed by atoms with van der Waals surface area (Å²) in [6.45, 7) is 6.26. The molecule has 4 rings (SSSR count). The Morgan fingerprint density at radius 3 is 2.74 bits per heavy atom. The fourth-order valence-corrected chi connectivity index (χ4v) is 5.33. The second kappa shape index (κ2) is 10.9. The molecule has 1 atom stereocenters. The summed E-state index contributed by atoms with van der Waals surface area (Å²) in [7, 11) is 0. The minimum atomic E-state index is -0.281. The van der Waals surface area contributed by atoms with E-state index in [1.807, 2.05) is 62.5 Å². The first-order valence-corrected chi connectivity index (χ1v) is 13.0. The van der Waals surface area contributed by atoms with Gasteiger partial charge in [0.25, 0.3) is 11.8 Å². The van der Waals surface area contributed by atoms with E-state index in [0.717, 1.165) is 33.0 Å². The fraction of sp³-hybridized carbons (Fsp3) is 0.269. The van der Waals surface area contributed by atoms with Crippen LogP contribution in [0.1, 0.15) is 58.0 Å². The molecule has 0 aliphatic rings. The molecule has 2 aromatic heterocycles. The van der Waals surface area contributed by atoms with Crippen molar-refractivity contribution in [1.82, 2.24) is 15.6 Å². The molecule has 0 saturated carbocycles. The Balaban J connectivity index is 1.49. The summed E-state index contributed by atoms with van der Waals surface area (Å²) >= 11 is 3.19. The summed E-state index contributed by atoms with van der Waals surface area (Å²) in [6.07, 6.45) is 0.863. The van der Waals surface area contributed by atoms with Gasteiger partial charge in [0.15, 0.2) is 5.76 Å². The first-order chi connectivity index (χ1) is 16.4. The Morgan fingerprint density at radius 2 is 1.97 bits per heavy atom. The summed E-state index contributed by atoms with van der Waals surface area (Å²) in [5.41, 5.74) is 3.94. The van der Waals surface area contributed by atoms with E-state index in [1.54, 1.807) is 35.2 Å². The Hall–Kier alpha value is -3.10. The van der Waals surface area contributed by atoms with Crippen LogP contribution in [0.3, 0.4) is 0 Å². The Kier molecular flexibility index (Phi) is 7.70. The molecule has 0 aliphatic heterocycles. The lowest BCUT2D eigenvalue weighted by Crippen LogP contribution is -2.32. The zero-order valence-corrected chi connectivity index (χ0v) is 21.0. The number of benzene rings is 2. The molecule has 34 heavy (non-hydrogen) atoms. The number of rotatable bonds is 9. The molecular formula is C26H27N3O3S2. The Labute approximate surface area is 207 Å². The van der Waals surface area contributed by atoms with E-state index < -0.39 is 0 Å². The van der Waals surface area contributed by atoms with Gasteiger partial charge in [-0.3, -0.25) is 9.59 Å². The van der Waals surface area contributed by atoms with Gasteiger partial charge in [0, 0.05) is 45.9 Å². The van der Waals surface area contributed by atoms with Gasteiger partial charge in [0.1, 0.15) is 9.92 Å². The third-order valence-electron chi connectivity index (χ3n) is 5.47. The maximum atomic E-state index is 13.1. The number of aryl methyl sites for hydroxylation is 1. The number of carbonyl (C=O) groups excluding carboxylic acids is 2. The third-order valence-corrected chi connectivity index (χ3v) is 7.64. The van der Waals surface area contributed by atoms with Crippen LogP contribution in [0.2, 0.25) is 0 Å². The van der Waals surface area contributed by atoms with Gasteiger partial charge in [-0.15, -0.1) is 11.3 Å². The van der Waals surface area contributed by atoms with Gasteiger partial charge in [-0.25, -0.2) is 4.98 Å². The normalized spacial score (nSPS) is 12.0. The van der Waals surface area contributed by atoms with Crippen LogP contribution in [0.15, 0.2) is 62.7 Å². The van der Waals surface area contributed by atoms with Crippen LogP contribution in [0.5, 0.6) is 0 Å². The standard InChI is InChI=1S/C26H27N3O3S2/c1-4-16(2)28-24(30)19-9-7-8-18(12-19)13-27-25(31)23-21(15-34-26-29-17(3)14-33-26)20-10-5-6-11-22(20)32-23/h5-12,14,16H,4,13,15H2,1-3H3,(H,27,31)(H,28,30). The van der Waals surface area contributed by atoms with Gasteiger partial charge >= 0.3 is 0 Å². The smallest absolute Gasteiger partial charge is 0.287 e. The van der Waals surface area contributed by atoms with Gasteiger partial charge in [-0.1, -0.05) is 49.0 Å². The van der Waals surface area contributed by atoms with Crippen molar-refractivity contribution in [3.63, 3.8) is 0 Å². The largest absolute Gasteiger partial charge is 0.451 e. The number of furan rings is 1.